The molecule has 0 fully saturated rings. The molecule has 3 aromatic rings. The zero-order valence-electron chi connectivity index (χ0n) is 16.3. The highest BCUT2D eigenvalue weighted by Gasteiger charge is 2.14. The van der Waals surface area contributed by atoms with Crippen molar-refractivity contribution in [2.75, 3.05) is 5.32 Å². The third-order valence-corrected chi connectivity index (χ3v) is 5.41. The minimum atomic E-state index is -0.439. The standard InChI is InChI=1S/C20H25N5OS/c1-12(2)25-13(3)10-16(15(25)5)11-21-24-19(26)14(4)22-20-23-17-8-6-7-9-18(17)27-20/h6-12,14H,1-5H3,(H,22,23)(H,24,26)/b21-11-/t14-/m0/s1. The molecule has 0 aliphatic carbocycles. The third-order valence-electron chi connectivity index (χ3n) is 4.45. The second-order valence-electron chi connectivity index (χ2n) is 6.88. The molecule has 1 amide bonds. The number of benzene rings is 1. The van der Waals surface area contributed by atoms with Crippen molar-refractivity contribution in [1.82, 2.24) is 15.0 Å². The highest BCUT2D eigenvalue weighted by atomic mass is 32.1. The highest BCUT2D eigenvalue weighted by Crippen LogP contribution is 2.25. The number of para-hydroxylation sites is 1. The van der Waals surface area contributed by atoms with E-state index in [0.29, 0.717) is 6.04 Å². The van der Waals surface area contributed by atoms with Crippen LogP contribution < -0.4 is 10.7 Å². The topological polar surface area (TPSA) is 71.3 Å². The van der Waals surface area contributed by atoms with E-state index in [1.165, 1.54) is 17.0 Å². The molecule has 0 bridgehead atoms. The zero-order chi connectivity index (χ0) is 19.6. The van der Waals surface area contributed by atoms with Crippen LogP contribution >= 0.6 is 11.3 Å². The lowest BCUT2D eigenvalue weighted by Gasteiger charge is -2.13. The van der Waals surface area contributed by atoms with Crippen molar-refractivity contribution < 1.29 is 4.79 Å². The fourth-order valence-electron chi connectivity index (χ4n) is 3.17. The molecule has 27 heavy (non-hydrogen) atoms. The van der Waals surface area contributed by atoms with Gasteiger partial charge in [-0.05, 0) is 52.8 Å². The molecule has 0 saturated heterocycles. The summed E-state index contributed by atoms with van der Waals surface area (Å²) in [5.74, 6) is -0.205. The Labute approximate surface area is 163 Å². The predicted octanol–water partition coefficient (Wildman–Crippen LogP) is 4.25. The molecule has 142 valence electrons. The number of fused-ring (bicyclic) bond motifs is 1. The molecule has 2 aromatic heterocycles. The molecule has 0 unspecified atom stereocenters. The molecule has 0 saturated carbocycles. The number of rotatable bonds is 6. The van der Waals surface area contributed by atoms with Crippen molar-refractivity contribution in [1.29, 1.82) is 0 Å². The molecule has 0 radical (unpaired) electrons. The Morgan fingerprint density at radius 1 is 1.26 bits per heavy atom. The van der Waals surface area contributed by atoms with Crippen LogP contribution in [-0.4, -0.2) is 27.7 Å². The number of carbonyl (C=O) groups excluding carboxylic acids is 1. The monoisotopic (exact) mass is 383 g/mol. The summed E-state index contributed by atoms with van der Waals surface area (Å²) >= 11 is 1.53. The van der Waals surface area contributed by atoms with Crippen LogP contribution in [0.3, 0.4) is 0 Å². The van der Waals surface area contributed by atoms with Crippen molar-refractivity contribution in [3.63, 3.8) is 0 Å². The predicted molar refractivity (Wildman–Crippen MR) is 113 cm³/mol. The molecule has 1 atom stereocenters. The van der Waals surface area contributed by atoms with E-state index in [2.05, 4.69) is 59.2 Å². The van der Waals surface area contributed by atoms with Crippen LogP contribution in [0.15, 0.2) is 35.4 Å². The van der Waals surface area contributed by atoms with Gasteiger partial charge in [-0.25, -0.2) is 10.4 Å². The largest absolute Gasteiger partial charge is 0.350 e. The smallest absolute Gasteiger partial charge is 0.262 e. The van der Waals surface area contributed by atoms with Gasteiger partial charge in [-0.3, -0.25) is 4.79 Å². The van der Waals surface area contributed by atoms with Gasteiger partial charge in [0.1, 0.15) is 6.04 Å². The Bertz CT molecular complexity index is 953. The Kier molecular flexibility index (Phi) is 5.60. The summed E-state index contributed by atoms with van der Waals surface area (Å²) in [5.41, 5.74) is 6.86. The van der Waals surface area contributed by atoms with Crippen LogP contribution in [-0.2, 0) is 4.79 Å². The lowest BCUT2D eigenvalue weighted by atomic mass is 10.2. The van der Waals surface area contributed by atoms with Gasteiger partial charge in [0, 0.05) is 23.0 Å². The maximum atomic E-state index is 12.3. The Morgan fingerprint density at radius 2 is 2.00 bits per heavy atom. The van der Waals surface area contributed by atoms with Crippen LogP contribution in [0.5, 0.6) is 0 Å². The average molecular weight is 384 g/mol. The number of aromatic nitrogens is 2. The van der Waals surface area contributed by atoms with Crippen LogP contribution in [0.2, 0.25) is 0 Å². The van der Waals surface area contributed by atoms with Crippen molar-refractivity contribution >= 4 is 38.8 Å². The molecule has 2 N–H and O–H groups in total. The van der Waals surface area contributed by atoms with E-state index < -0.39 is 6.04 Å². The van der Waals surface area contributed by atoms with Gasteiger partial charge >= 0.3 is 0 Å². The normalized spacial score (nSPS) is 12.8. The fourth-order valence-corrected chi connectivity index (χ4v) is 4.13. The molecular weight excluding hydrogens is 358 g/mol. The van der Waals surface area contributed by atoms with E-state index in [9.17, 15) is 4.79 Å². The van der Waals surface area contributed by atoms with Crippen LogP contribution in [0, 0.1) is 13.8 Å². The summed E-state index contributed by atoms with van der Waals surface area (Å²) in [6.07, 6.45) is 1.70. The second kappa shape index (κ2) is 7.92. The van der Waals surface area contributed by atoms with Gasteiger partial charge < -0.3 is 9.88 Å². The molecule has 3 rings (SSSR count). The lowest BCUT2D eigenvalue weighted by molar-refractivity contribution is -0.121. The maximum Gasteiger partial charge on any atom is 0.262 e. The van der Waals surface area contributed by atoms with Gasteiger partial charge in [0.2, 0.25) is 0 Å². The average Bonchev–Trinajstić information content (AvgIpc) is 3.14. The van der Waals surface area contributed by atoms with E-state index in [1.807, 2.05) is 24.3 Å². The quantitative estimate of drug-likeness (QED) is 0.494. The molecule has 1 aromatic carbocycles. The fraction of sp³-hybridized carbons (Fsp3) is 0.350. The maximum absolute atomic E-state index is 12.3. The van der Waals surface area contributed by atoms with Crippen molar-refractivity contribution in [2.45, 2.75) is 46.7 Å². The summed E-state index contributed by atoms with van der Waals surface area (Å²) in [7, 11) is 0. The number of hydrogen-bond donors (Lipinski definition) is 2. The van der Waals surface area contributed by atoms with E-state index >= 15 is 0 Å². The number of amides is 1. The summed E-state index contributed by atoms with van der Waals surface area (Å²) in [6, 6.07) is 9.93. The number of hydrazone groups is 1. The Hall–Kier alpha value is -2.67. The Balaban J connectivity index is 1.61. The molecule has 0 aliphatic heterocycles. The van der Waals surface area contributed by atoms with Gasteiger partial charge in [-0.2, -0.15) is 5.10 Å². The number of carbonyl (C=O) groups is 1. The number of aryl methyl sites for hydroxylation is 1. The minimum absolute atomic E-state index is 0.205. The van der Waals surface area contributed by atoms with Crippen molar-refractivity contribution in [2.24, 2.45) is 5.10 Å². The lowest BCUT2D eigenvalue weighted by Crippen LogP contribution is -2.34. The van der Waals surface area contributed by atoms with E-state index in [0.717, 1.165) is 26.6 Å². The van der Waals surface area contributed by atoms with E-state index in [4.69, 9.17) is 0 Å². The van der Waals surface area contributed by atoms with Crippen molar-refractivity contribution in [3.8, 4) is 0 Å². The minimum Gasteiger partial charge on any atom is -0.350 e. The van der Waals surface area contributed by atoms with Gasteiger partial charge in [0.05, 0.1) is 16.4 Å². The second-order valence-corrected chi connectivity index (χ2v) is 7.91. The number of thiazole rings is 1. The van der Waals surface area contributed by atoms with Crippen LogP contribution in [0.1, 0.15) is 43.8 Å². The van der Waals surface area contributed by atoms with Gasteiger partial charge in [-0.15, -0.1) is 0 Å². The first-order valence-electron chi connectivity index (χ1n) is 9.00. The van der Waals surface area contributed by atoms with Gasteiger partial charge in [0.25, 0.3) is 5.91 Å². The molecular formula is C20H25N5OS. The number of anilines is 1. The van der Waals surface area contributed by atoms with Crippen LogP contribution in [0.4, 0.5) is 5.13 Å². The van der Waals surface area contributed by atoms with E-state index in [-0.39, 0.29) is 5.91 Å². The summed E-state index contributed by atoms with van der Waals surface area (Å²) in [6.45, 7) is 10.2. The van der Waals surface area contributed by atoms with E-state index in [1.54, 1.807) is 13.1 Å². The third kappa shape index (κ3) is 4.19. The number of hydrogen-bond acceptors (Lipinski definition) is 5. The molecule has 0 aliphatic rings. The zero-order valence-corrected chi connectivity index (χ0v) is 17.1. The van der Waals surface area contributed by atoms with Gasteiger partial charge in [-0.1, -0.05) is 23.5 Å². The SMILES string of the molecule is Cc1cc(/C=N\NC(=O)[C@H](C)Nc2nc3ccccc3s2)c(C)n1C(C)C. The summed E-state index contributed by atoms with van der Waals surface area (Å²) < 4.78 is 3.34. The molecule has 2 heterocycles. The molecule has 7 heteroatoms. The summed E-state index contributed by atoms with van der Waals surface area (Å²) in [4.78, 5) is 16.8. The van der Waals surface area contributed by atoms with Gasteiger partial charge in [0.15, 0.2) is 5.13 Å². The summed E-state index contributed by atoms with van der Waals surface area (Å²) in [5, 5.41) is 7.99. The first kappa shape index (κ1) is 19.1. The first-order chi connectivity index (χ1) is 12.9. The molecule has 0 spiro atoms. The van der Waals surface area contributed by atoms with Crippen molar-refractivity contribution in [3.05, 3.63) is 47.3 Å². The number of nitrogens with zero attached hydrogens (tertiary/aromatic N) is 3. The highest BCUT2D eigenvalue weighted by molar-refractivity contribution is 7.22. The molecule has 6 nitrogen and oxygen atoms in total. The van der Waals surface area contributed by atoms with Crippen LogP contribution in [0.25, 0.3) is 10.2 Å². The Morgan fingerprint density at radius 3 is 2.67 bits per heavy atom. The number of nitrogens with one attached hydrogen (secondary N) is 2. The first-order valence-corrected chi connectivity index (χ1v) is 9.82.